The van der Waals surface area contributed by atoms with Crippen molar-refractivity contribution in [3.63, 3.8) is 0 Å². The van der Waals surface area contributed by atoms with Crippen molar-refractivity contribution in [3.8, 4) is 0 Å². The number of ether oxygens (including phenoxy) is 2. The number of hydrogen-bond donors (Lipinski definition) is 1. The van der Waals surface area contributed by atoms with Crippen LogP contribution in [0, 0.1) is 0 Å². The number of anilines is 1. The maximum atomic E-state index is 12.7. The fourth-order valence-electron chi connectivity index (χ4n) is 4.24. The van der Waals surface area contributed by atoms with Crippen molar-refractivity contribution >= 4 is 81.4 Å². The van der Waals surface area contributed by atoms with Crippen LogP contribution < -0.4 is 10.1 Å². The SMILES string of the molecule is COCCn1c(=NC(=O)CS(=O)(=O)CC(=O)Nc2sc3c(c2C(=O)OC)CCCC3)sc2cc(Br)ccc21. The smallest absolute Gasteiger partial charge is 0.341 e. The molecule has 3 aromatic rings. The molecule has 1 aliphatic rings. The Hall–Kier alpha value is -2.39. The molecule has 0 saturated heterocycles. The average molecular weight is 645 g/mol. The Bertz CT molecular complexity index is 1570. The molecule has 2 amide bonds. The zero-order valence-corrected chi connectivity index (χ0v) is 24.8. The van der Waals surface area contributed by atoms with Gasteiger partial charge in [-0.1, -0.05) is 27.3 Å². The summed E-state index contributed by atoms with van der Waals surface area (Å²) in [5.41, 5.74) is 1.96. The van der Waals surface area contributed by atoms with Gasteiger partial charge in [-0.15, -0.1) is 11.3 Å². The van der Waals surface area contributed by atoms with Gasteiger partial charge in [0.1, 0.15) is 16.5 Å². The summed E-state index contributed by atoms with van der Waals surface area (Å²) in [4.78, 5) is 43.1. The molecule has 0 fully saturated rings. The lowest BCUT2D eigenvalue weighted by molar-refractivity contribution is -0.115. The number of methoxy groups -OCH3 is 2. The van der Waals surface area contributed by atoms with Gasteiger partial charge < -0.3 is 19.4 Å². The van der Waals surface area contributed by atoms with E-state index < -0.39 is 39.1 Å². The van der Waals surface area contributed by atoms with Crippen LogP contribution in [0.15, 0.2) is 27.7 Å². The standard InChI is InChI=1S/C24H26BrN3O7S3/c1-34-10-9-28-16-8-7-14(25)11-18(16)37-24(28)27-20(30)13-38(32,33)12-19(29)26-22-21(23(31)35-2)15-5-3-4-6-17(15)36-22/h7-8,11H,3-6,9-10,12-13H2,1-2H3,(H,26,29). The first-order valence-corrected chi connectivity index (χ1v) is 15.9. The highest BCUT2D eigenvalue weighted by atomic mass is 79.9. The van der Waals surface area contributed by atoms with Gasteiger partial charge >= 0.3 is 5.97 Å². The van der Waals surface area contributed by atoms with Crippen LogP contribution in [0.2, 0.25) is 0 Å². The van der Waals surface area contributed by atoms with Crippen LogP contribution >= 0.6 is 38.6 Å². The van der Waals surface area contributed by atoms with E-state index in [9.17, 15) is 22.8 Å². The second-order valence-corrected chi connectivity index (χ2v) is 13.7. The van der Waals surface area contributed by atoms with Crippen LogP contribution in [0.1, 0.15) is 33.6 Å². The van der Waals surface area contributed by atoms with Crippen molar-refractivity contribution in [2.45, 2.75) is 32.2 Å². The summed E-state index contributed by atoms with van der Waals surface area (Å²) in [6.45, 7) is 0.800. The molecule has 0 radical (unpaired) electrons. The Morgan fingerprint density at radius 1 is 1.13 bits per heavy atom. The Labute approximate surface area is 235 Å². The number of aromatic nitrogens is 1. The molecule has 2 aromatic heterocycles. The lowest BCUT2D eigenvalue weighted by Crippen LogP contribution is -2.28. The number of halogens is 1. The lowest BCUT2D eigenvalue weighted by Gasteiger charge is -2.11. The normalized spacial score (nSPS) is 13.9. The Morgan fingerprint density at radius 2 is 1.89 bits per heavy atom. The quantitative estimate of drug-likeness (QED) is 0.354. The molecule has 2 heterocycles. The lowest BCUT2D eigenvalue weighted by atomic mass is 9.95. The molecule has 0 unspecified atom stereocenters. The molecule has 1 aliphatic carbocycles. The van der Waals surface area contributed by atoms with Crippen LogP contribution in [-0.4, -0.2) is 63.1 Å². The number of carbonyl (C=O) groups is 3. The van der Waals surface area contributed by atoms with Gasteiger partial charge in [-0.25, -0.2) is 13.2 Å². The third-order valence-electron chi connectivity index (χ3n) is 5.89. The first-order valence-electron chi connectivity index (χ1n) is 11.7. The van der Waals surface area contributed by atoms with Crippen molar-refractivity contribution < 1.29 is 32.3 Å². The van der Waals surface area contributed by atoms with Crippen LogP contribution in [-0.2, 0) is 48.3 Å². The number of carbonyl (C=O) groups excluding carboxylic acids is 3. The number of aryl methyl sites for hydroxylation is 1. The van der Waals surface area contributed by atoms with Crippen LogP contribution in [0.25, 0.3) is 10.2 Å². The molecule has 38 heavy (non-hydrogen) atoms. The van der Waals surface area contributed by atoms with Crippen LogP contribution in [0.3, 0.4) is 0 Å². The fraction of sp³-hybridized carbons (Fsp3) is 0.417. The topological polar surface area (TPSA) is 133 Å². The number of thiophene rings is 1. The van der Waals surface area contributed by atoms with Gasteiger partial charge in [-0.05, 0) is 49.4 Å². The number of fused-ring (bicyclic) bond motifs is 2. The van der Waals surface area contributed by atoms with Crippen molar-refractivity contribution in [2.24, 2.45) is 4.99 Å². The average Bonchev–Trinajstić information content (AvgIpc) is 3.37. The maximum Gasteiger partial charge on any atom is 0.341 e. The maximum absolute atomic E-state index is 12.7. The van der Waals surface area contributed by atoms with Gasteiger partial charge in [0.05, 0.1) is 29.5 Å². The summed E-state index contributed by atoms with van der Waals surface area (Å²) in [5.74, 6) is -4.12. The first-order chi connectivity index (χ1) is 18.1. The molecule has 0 spiro atoms. The highest BCUT2D eigenvalue weighted by Gasteiger charge is 2.28. The molecule has 0 bridgehead atoms. The van der Waals surface area contributed by atoms with Crippen molar-refractivity contribution in [1.82, 2.24) is 4.57 Å². The van der Waals surface area contributed by atoms with Gasteiger partial charge in [0.25, 0.3) is 5.91 Å². The van der Waals surface area contributed by atoms with Crippen LogP contribution in [0.4, 0.5) is 5.00 Å². The predicted molar refractivity (Wildman–Crippen MR) is 150 cm³/mol. The number of esters is 1. The zero-order chi connectivity index (χ0) is 27.4. The number of hydrogen-bond acceptors (Lipinski definition) is 9. The highest BCUT2D eigenvalue weighted by molar-refractivity contribution is 9.10. The van der Waals surface area contributed by atoms with Crippen molar-refractivity contribution in [1.29, 1.82) is 0 Å². The van der Waals surface area contributed by atoms with Gasteiger partial charge in [0.15, 0.2) is 14.6 Å². The number of rotatable bonds is 9. The fourth-order valence-corrected chi connectivity index (χ4v) is 8.18. The molecule has 1 N–H and O–H groups in total. The number of nitrogens with one attached hydrogen (secondary N) is 1. The zero-order valence-electron chi connectivity index (χ0n) is 20.7. The third-order valence-corrected chi connectivity index (χ3v) is 10.0. The van der Waals surface area contributed by atoms with E-state index in [2.05, 4.69) is 26.2 Å². The van der Waals surface area contributed by atoms with Crippen LogP contribution in [0.5, 0.6) is 0 Å². The molecule has 14 heteroatoms. The second kappa shape index (κ2) is 12.2. The van der Waals surface area contributed by atoms with E-state index in [1.807, 2.05) is 18.2 Å². The van der Waals surface area contributed by atoms with Gasteiger partial charge in [0.2, 0.25) is 5.91 Å². The summed E-state index contributed by atoms with van der Waals surface area (Å²) in [6, 6.07) is 5.63. The summed E-state index contributed by atoms with van der Waals surface area (Å²) in [6.07, 6.45) is 3.38. The van der Waals surface area contributed by atoms with Gasteiger partial charge in [-0.3, -0.25) is 9.59 Å². The predicted octanol–water partition coefficient (Wildman–Crippen LogP) is 3.32. The third kappa shape index (κ3) is 6.60. The number of sulfone groups is 1. The summed E-state index contributed by atoms with van der Waals surface area (Å²) >= 11 is 5.93. The first kappa shape index (κ1) is 28.6. The minimum absolute atomic E-state index is 0.274. The molecule has 204 valence electrons. The second-order valence-electron chi connectivity index (χ2n) is 8.63. The van der Waals surface area contributed by atoms with Crippen molar-refractivity contribution in [3.05, 3.63) is 43.5 Å². The Morgan fingerprint density at radius 3 is 2.63 bits per heavy atom. The summed E-state index contributed by atoms with van der Waals surface area (Å²) in [5, 5.41) is 2.83. The van der Waals surface area contributed by atoms with E-state index >= 15 is 0 Å². The van der Waals surface area contributed by atoms with E-state index in [0.29, 0.717) is 24.4 Å². The highest BCUT2D eigenvalue weighted by Crippen LogP contribution is 2.38. The Balaban J connectivity index is 1.51. The summed E-state index contributed by atoms with van der Waals surface area (Å²) in [7, 11) is -1.31. The minimum Gasteiger partial charge on any atom is -0.465 e. The number of benzene rings is 1. The number of nitrogens with zero attached hydrogens (tertiary/aromatic N) is 2. The molecule has 0 aliphatic heterocycles. The minimum atomic E-state index is -4.13. The van der Waals surface area contributed by atoms with E-state index in [4.69, 9.17) is 9.47 Å². The van der Waals surface area contributed by atoms with E-state index in [-0.39, 0.29) is 10.6 Å². The van der Waals surface area contributed by atoms with E-state index in [1.165, 1.54) is 29.8 Å². The van der Waals surface area contributed by atoms with Crippen molar-refractivity contribution in [2.75, 3.05) is 37.6 Å². The van der Waals surface area contributed by atoms with Gasteiger partial charge in [0, 0.05) is 23.0 Å². The molecule has 1 aromatic carbocycles. The van der Waals surface area contributed by atoms with Gasteiger partial charge in [-0.2, -0.15) is 4.99 Å². The van der Waals surface area contributed by atoms with E-state index in [1.54, 1.807) is 11.7 Å². The number of amides is 2. The largest absolute Gasteiger partial charge is 0.465 e. The summed E-state index contributed by atoms with van der Waals surface area (Å²) < 4.78 is 39.0. The molecule has 4 rings (SSSR count). The molecular weight excluding hydrogens is 618 g/mol. The molecule has 0 atom stereocenters. The molecule has 0 saturated carbocycles. The monoisotopic (exact) mass is 643 g/mol. The number of thiazole rings is 1. The van der Waals surface area contributed by atoms with E-state index in [0.717, 1.165) is 44.4 Å². The molecular formula is C24H26BrN3O7S3. The molecule has 10 nitrogen and oxygen atoms in total. The Kier molecular flexibility index (Phi) is 9.19.